The lowest BCUT2D eigenvalue weighted by atomic mass is 10.0. The molecule has 0 aliphatic rings. The number of nitrogens with one attached hydrogen (secondary N) is 1. The van der Waals surface area contributed by atoms with Gasteiger partial charge in [0.2, 0.25) is 11.8 Å². The Morgan fingerprint density at radius 1 is 0.889 bits per heavy atom. The van der Waals surface area contributed by atoms with E-state index in [-0.39, 0.29) is 11.8 Å². The molecule has 0 bridgehead atoms. The molecule has 0 saturated heterocycles. The molecule has 0 heterocycles. The molecular formula is C31H38N2O3. The molecule has 0 radical (unpaired) electrons. The second kappa shape index (κ2) is 14.7. The van der Waals surface area contributed by atoms with Gasteiger partial charge in [-0.15, -0.1) is 0 Å². The maximum absolute atomic E-state index is 13.6. The molecule has 3 rings (SSSR count). The van der Waals surface area contributed by atoms with Crippen molar-refractivity contribution in [3.63, 3.8) is 0 Å². The molecule has 1 unspecified atom stereocenters. The van der Waals surface area contributed by atoms with Crippen LogP contribution in [0.1, 0.15) is 49.3 Å². The van der Waals surface area contributed by atoms with Gasteiger partial charge in [0.25, 0.3) is 0 Å². The molecule has 0 fully saturated rings. The summed E-state index contributed by atoms with van der Waals surface area (Å²) in [7, 11) is 0. The summed E-state index contributed by atoms with van der Waals surface area (Å²) in [6.45, 7) is 5.57. The Morgan fingerprint density at radius 2 is 1.58 bits per heavy atom. The predicted octanol–water partition coefficient (Wildman–Crippen LogP) is 5.71. The van der Waals surface area contributed by atoms with Crippen molar-refractivity contribution in [3.8, 4) is 5.75 Å². The summed E-state index contributed by atoms with van der Waals surface area (Å²) in [6.07, 6.45) is 3.26. The number of ether oxygens (including phenoxy) is 1. The number of hydrogen-bond acceptors (Lipinski definition) is 3. The van der Waals surface area contributed by atoms with E-state index in [0.29, 0.717) is 39.0 Å². The zero-order valence-electron chi connectivity index (χ0n) is 21.5. The number of amides is 2. The highest BCUT2D eigenvalue weighted by molar-refractivity contribution is 5.88. The van der Waals surface area contributed by atoms with Crippen molar-refractivity contribution in [2.24, 2.45) is 0 Å². The number of nitrogens with zero attached hydrogens (tertiary/aromatic N) is 1. The topological polar surface area (TPSA) is 58.6 Å². The van der Waals surface area contributed by atoms with Gasteiger partial charge in [-0.05, 0) is 43.0 Å². The van der Waals surface area contributed by atoms with E-state index in [1.165, 1.54) is 0 Å². The van der Waals surface area contributed by atoms with Crippen LogP contribution < -0.4 is 10.1 Å². The third-order valence-corrected chi connectivity index (χ3v) is 6.08. The van der Waals surface area contributed by atoms with Gasteiger partial charge in [-0.1, -0.05) is 91.7 Å². The van der Waals surface area contributed by atoms with Crippen LogP contribution in [-0.4, -0.2) is 35.9 Å². The molecule has 36 heavy (non-hydrogen) atoms. The number of unbranched alkanes of at least 4 members (excludes halogenated alkanes) is 1. The van der Waals surface area contributed by atoms with Crippen LogP contribution in [-0.2, 0) is 22.6 Å². The van der Waals surface area contributed by atoms with E-state index < -0.39 is 6.04 Å². The Hall–Kier alpha value is -3.60. The lowest BCUT2D eigenvalue weighted by Crippen LogP contribution is -2.50. The molecule has 5 nitrogen and oxygen atoms in total. The van der Waals surface area contributed by atoms with E-state index in [1.54, 1.807) is 4.90 Å². The van der Waals surface area contributed by atoms with Gasteiger partial charge in [0.05, 0.1) is 6.61 Å². The van der Waals surface area contributed by atoms with Crippen LogP contribution >= 0.6 is 0 Å². The lowest BCUT2D eigenvalue weighted by molar-refractivity contribution is -0.141. The number of hydrogen-bond donors (Lipinski definition) is 1. The molecule has 0 aliphatic carbocycles. The van der Waals surface area contributed by atoms with E-state index in [4.69, 9.17) is 4.74 Å². The van der Waals surface area contributed by atoms with Crippen LogP contribution in [0.5, 0.6) is 5.75 Å². The largest absolute Gasteiger partial charge is 0.494 e. The first kappa shape index (κ1) is 27.0. The summed E-state index contributed by atoms with van der Waals surface area (Å²) in [5.74, 6) is 0.646. The molecule has 2 amide bonds. The van der Waals surface area contributed by atoms with Gasteiger partial charge in [-0.2, -0.15) is 0 Å². The number of aryl methyl sites for hydroxylation is 1. The third kappa shape index (κ3) is 8.88. The average molecular weight is 487 g/mol. The first-order chi connectivity index (χ1) is 17.6. The average Bonchev–Trinajstić information content (AvgIpc) is 2.90. The van der Waals surface area contributed by atoms with Crippen molar-refractivity contribution in [3.05, 3.63) is 102 Å². The summed E-state index contributed by atoms with van der Waals surface area (Å²) in [5.41, 5.74) is 3.18. The Balaban J connectivity index is 1.78. The summed E-state index contributed by atoms with van der Waals surface area (Å²) in [5, 5.41) is 3.07. The first-order valence-electron chi connectivity index (χ1n) is 12.9. The minimum atomic E-state index is -0.590. The Bertz CT molecular complexity index is 1070. The Morgan fingerprint density at radius 3 is 2.28 bits per heavy atom. The quantitative estimate of drug-likeness (QED) is 0.297. The highest BCUT2D eigenvalue weighted by Gasteiger charge is 2.30. The summed E-state index contributed by atoms with van der Waals surface area (Å²) >= 11 is 0. The van der Waals surface area contributed by atoms with Gasteiger partial charge in [-0.25, -0.2) is 0 Å². The van der Waals surface area contributed by atoms with Gasteiger partial charge >= 0.3 is 0 Å². The van der Waals surface area contributed by atoms with Crippen molar-refractivity contribution < 1.29 is 14.3 Å². The Labute approximate surface area is 215 Å². The van der Waals surface area contributed by atoms with Crippen molar-refractivity contribution in [1.29, 1.82) is 0 Å². The molecule has 3 aromatic carbocycles. The van der Waals surface area contributed by atoms with Crippen molar-refractivity contribution in [2.75, 3.05) is 13.2 Å². The monoisotopic (exact) mass is 486 g/mol. The summed E-state index contributed by atoms with van der Waals surface area (Å²) in [4.78, 5) is 28.8. The molecule has 0 spiro atoms. The molecule has 0 saturated carbocycles. The van der Waals surface area contributed by atoms with Gasteiger partial charge in [0.15, 0.2) is 0 Å². The van der Waals surface area contributed by atoms with E-state index in [2.05, 4.69) is 18.3 Å². The minimum Gasteiger partial charge on any atom is -0.494 e. The van der Waals surface area contributed by atoms with E-state index in [0.717, 1.165) is 35.3 Å². The standard InChI is InChI=1S/C31H38N2O3/c1-3-4-20-32-31(35)29(23-26-14-7-5-8-15-26)33(24-27-16-11-13-25(2)22-27)30(34)19-12-21-36-28-17-9-6-10-18-28/h5-11,13-18,22,29H,3-4,12,19-21,23-24H2,1-2H3,(H,32,35). The predicted molar refractivity (Wildman–Crippen MR) is 145 cm³/mol. The van der Waals surface area contributed by atoms with Gasteiger partial charge < -0.3 is 15.0 Å². The molecule has 5 heteroatoms. The van der Waals surface area contributed by atoms with Crippen LogP contribution in [0, 0.1) is 6.92 Å². The van der Waals surface area contributed by atoms with Crippen molar-refractivity contribution in [1.82, 2.24) is 10.2 Å². The van der Waals surface area contributed by atoms with Crippen LogP contribution in [0.25, 0.3) is 0 Å². The fraction of sp³-hybridized carbons (Fsp3) is 0.355. The summed E-state index contributed by atoms with van der Waals surface area (Å²) < 4.78 is 5.79. The van der Waals surface area contributed by atoms with E-state index in [9.17, 15) is 9.59 Å². The van der Waals surface area contributed by atoms with Crippen molar-refractivity contribution >= 4 is 11.8 Å². The maximum Gasteiger partial charge on any atom is 0.243 e. The highest BCUT2D eigenvalue weighted by atomic mass is 16.5. The second-order valence-corrected chi connectivity index (χ2v) is 9.13. The van der Waals surface area contributed by atoms with Crippen LogP contribution in [0.15, 0.2) is 84.9 Å². The normalized spacial score (nSPS) is 11.5. The number of carbonyl (C=O) groups is 2. The van der Waals surface area contributed by atoms with E-state index in [1.807, 2.05) is 85.8 Å². The number of benzene rings is 3. The number of carbonyl (C=O) groups excluding carboxylic acids is 2. The van der Waals surface area contributed by atoms with Gasteiger partial charge in [0, 0.05) is 25.9 Å². The van der Waals surface area contributed by atoms with Gasteiger partial charge in [0.1, 0.15) is 11.8 Å². The van der Waals surface area contributed by atoms with Crippen LogP contribution in [0.3, 0.4) is 0 Å². The van der Waals surface area contributed by atoms with Crippen molar-refractivity contribution in [2.45, 2.75) is 58.5 Å². The van der Waals surface area contributed by atoms with Crippen LogP contribution in [0.4, 0.5) is 0 Å². The molecule has 3 aromatic rings. The molecule has 0 aromatic heterocycles. The fourth-order valence-corrected chi connectivity index (χ4v) is 4.14. The maximum atomic E-state index is 13.6. The number of para-hydroxylation sites is 1. The molecule has 190 valence electrons. The molecule has 0 aliphatic heterocycles. The highest BCUT2D eigenvalue weighted by Crippen LogP contribution is 2.18. The Kier molecular flexibility index (Phi) is 11.0. The minimum absolute atomic E-state index is 0.0419. The van der Waals surface area contributed by atoms with Gasteiger partial charge in [-0.3, -0.25) is 9.59 Å². The molecule has 1 atom stereocenters. The second-order valence-electron chi connectivity index (χ2n) is 9.13. The molecule has 1 N–H and O–H groups in total. The van der Waals surface area contributed by atoms with Crippen LogP contribution in [0.2, 0.25) is 0 Å². The SMILES string of the molecule is CCCCNC(=O)C(Cc1ccccc1)N(Cc1cccc(C)c1)C(=O)CCCOc1ccccc1. The van der Waals surface area contributed by atoms with E-state index >= 15 is 0 Å². The first-order valence-corrected chi connectivity index (χ1v) is 12.9. The zero-order chi connectivity index (χ0) is 25.6. The number of rotatable bonds is 14. The summed E-state index contributed by atoms with van der Waals surface area (Å²) in [6, 6.07) is 27.1. The fourth-order valence-electron chi connectivity index (χ4n) is 4.14. The smallest absolute Gasteiger partial charge is 0.243 e. The zero-order valence-corrected chi connectivity index (χ0v) is 21.5. The third-order valence-electron chi connectivity index (χ3n) is 6.08. The molecular weight excluding hydrogens is 448 g/mol. The lowest BCUT2D eigenvalue weighted by Gasteiger charge is -2.32.